The van der Waals surface area contributed by atoms with Crippen molar-refractivity contribution in [2.75, 3.05) is 20.2 Å². The molecule has 0 atom stereocenters. The van der Waals surface area contributed by atoms with Crippen LogP contribution in [0.4, 0.5) is 0 Å². The molecule has 0 amide bonds. The van der Waals surface area contributed by atoms with Crippen LogP contribution in [0.2, 0.25) is 0 Å². The van der Waals surface area contributed by atoms with Gasteiger partial charge in [0, 0.05) is 6.54 Å². The number of furan rings is 1. The van der Waals surface area contributed by atoms with Crippen molar-refractivity contribution in [3.63, 3.8) is 0 Å². The molecular weight excluding hydrogens is 258 g/mol. The smallest absolute Gasteiger partial charge is 0.335 e. The molecular formula is C15H17NO4. The summed E-state index contributed by atoms with van der Waals surface area (Å²) in [6, 6.07) is 10.3. The number of carboxylic acid groups (broad SMARTS) is 1. The minimum atomic E-state index is -0.953. The molecule has 0 aliphatic rings. The Kier molecular flexibility index (Phi) is 4.79. The van der Waals surface area contributed by atoms with E-state index in [9.17, 15) is 4.79 Å². The molecule has 1 aromatic carbocycles. The Bertz CT molecular complexity index is 551. The van der Waals surface area contributed by atoms with Crippen molar-refractivity contribution < 1.29 is 19.1 Å². The minimum Gasteiger partial charge on any atom is -0.492 e. The Morgan fingerprint density at radius 2 is 2.20 bits per heavy atom. The number of benzene rings is 1. The van der Waals surface area contributed by atoms with Crippen molar-refractivity contribution >= 4 is 5.97 Å². The zero-order valence-corrected chi connectivity index (χ0v) is 11.3. The summed E-state index contributed by atoms with van der Waals surface area (Å²) in [6.07, 6.45) is 1.65. The maximum absolute atomic E-state index is 10.8. The van der Waals surface area contributed by atoms with Crippen LogP contribution < -0.4 is 4.74 Å². The van der Waals surface area contributed by atoms with Gasteiger partial charge in [-0.2, -0.15) is 0 Å². The lowest BCUT2D eigenvalue weighted by atomic mass is 10.2. The lowest BCUT2D eigenvalue weighted by Crippen LogP contribution is -2.23. The molecule has 20 heavy (non-hydrogen) atoms. The summed E-state index contributed by atoms with van der Waals surface area (Å²) in [6.45, 7) is 1.92. The monoisotopic (exact) mass is 275 g/mol. The first-order valence-electron chi connectivity index (χ1n) is 6.32. The second-order valence-electron chi connectivity index (χ2n) is 4.50. The Hall–Kier alpha value is -2.27. The average Bonchev–Trinajstić information content (AvgIpc) is 2.92. The summed E-state index contributed by atoms with van der Waals surface area (Å²) < 4.78 is 10.8. The van der Waals surface area contributed by atoms with E-state index in [1.54, 1.807) is 18.4 Å². The molecule has 0 aliphatic heterocycles. The average molecular weight is 275 g/mol. The summed E-state index contributed by atoms with van der Waals surface area (Å²) in [5.74, 6) is 0.516. The van der Waals surface area contributed by atoms with Gasteiger partial charge < -0.3 is 14.3 Å². The zero-order chi connectivity index (χ0) is 14.4. The fraction of sp³-hybridized carbons (Fsp3) is 0.267. The van der Waals surface area contributed by atoms with E-state index in [2.05, 4.69) is 4.90 Å². The van der Waals surface area contributed by atoms with E-state index in [1.165, 1.54) is 12.1 Å². The Morgan fingerprint density at radius 1 is 1.35 bits per heavy atom. The molecule has 0 saturated heterocycles. The van der Waals surface area contributed by atoms with Crippen molar-refractivity contribution in [1.82, 2.24) is 4.90 Å². The van der Waals surface area contributed by atoms with E-state index >= 15 is 0 Å². The molecule has 1 heterocycles. The maximum Gasteiger partial charge on any atom is 0.335 e. The van der Waals surface area contributed by atoms with Crippen molar-refractivity contribution in [1.29, 1.82) is 0 Å². The van der Waals surface area contributed by atoms with E-state index in [0.29, 0.717) is 18.9 Å². The number of hydrogen-bond acceptors (Lipinski definition) is 4. The Labute approximate surface area is 117 Å². The molecule has 0 aliphatic carbocycles. The van der Waals surface area contributed by atoms with Crippen LogP contribution in [0.3, 0.4) is 0 Å². The Balaban J connectivity index is 1.78. The second-order valence-corrected chi connectivity index (χ2v) is 4.50. The molecule has 0 bridgehead atoms. The number of likely N-dealkylation sites (N-methyl/N-ethyl adjacent to an activating group) is 1. The van der Waals surface area contributed by atoms with Gasteiger partial charge in [-0.25, -0.2) is 4.79 Å². The molecule has 5 nitrogen and oxygen atoms in total. The number of nitrogens with zero attached hydrogens (tertiary/aromatic N) is 1. The summed E-state index contributed by atoms with van der Waals surface area (Å²) >= 11 is 0. The SMILES string of the molecule is CN(CCOc1cccc(C(=O)O)c1)Cc1ccco1. The predicted molar refractivity (Wildman–Crippen MR) is 73.9 cm³/mol. The van der Waals surface area contributed by atoms with Gasteiger partial charge in [-0.3, -0.25) is 4.90 Å². The molecule has 0 fully saturated rings. The van der Waals surface area contributed by atoms with Crippen LogP contribution in [-0.2, 0) is 6.54 Å². The molecule has 1 aromatic heterocycles. The number of carbonyl (C=O) groups is 1. The van der Waals surface area contributed by atoms with E-state index < -0.39 is 5.97 Å². The highest BCUT2D eigenvalue weighted by Crippen LogP contribution is 2.13. The largest absolute Gasteiger partial charge is 0.492 e. The standard InChI is InChI=1S/C15H17NO4/c1-16(11-14-6-3-8-19-14)7-9-20-13-5-2-4-12(10-13)15(17)18/h2-6,8,10H,7,9,11H2,1H3,(H,17,18). The first-order chi connectivity index (χ1) is 9.65. The van der Waals surface area contributed by atoms with Gasteiger partial charge in [0.25, 0.3) is 0 Å². The van der Waals surface area contributed by atoms with E-state index in [0.717, 1.165) is 12.3 Å². The predicted octanol–water partition coefficient (Wildman–Crippen LogP) is 2.49. The zero-order valence-electron chi connectivity index (χ0n) is 11.3. The van der Waals surface area contributed by atoms with Crippen molar-refractivity contribution in [2.45, 2.75) is 6.54 Å². The Morgan fingerprint density at radius 3 is 2.90 bits per heavy atom. The molecule has 0 unspecified atom stereocenters. The highest BCUT2D eigenvalue weighted by molar-refractivity contribution is 5.87. The molecule has 0 spiro atoms. The number of rotatable bonds is 7. The van der Waals surface area contributed by atoms with Gasteiger partial charge in [0.05, 0.1) is 18.4 Å². The lowest BCUT2D eigenvalue weighted by molar-refractivity contribution is 0.0696. The number of aromatic carboxylic acids is 1. The quantitative estimate of drug-likeness (QED) is 0.841. The molecule has 1 N–H and O–H groups in total. The van der Waals surface area contributed by atoms with Gasteiger partial charge >= 0.3 is 5.97 Å². The normalized spacial score (nSPS) is 10.7. The first kappa shape index (κ1) is 14.1. The lowest BCUT2D eigenvalue weighted by Gasteiger charge is -2.15. The van der Waals surface area contributed by atoms with E-state index in [4.69, 9.17) is 14.3 Å². The van der Waals surface area contributed by atoms with Crippen LogP contribution >= 0.6 is 0 Å². The van der Waals surface area contributed by atoms with E-state index in [-0.39, 0.29) is 5.56 Å². The summed E-state index contributed by atoms with van der Waals surface area (Å²) in [5, 5.41) is 8.89. The second kappa shape index (κ2) is 6.77. The van der Waals surface area contributed by atoms with Crippen LogP contribution in [0.5, 0.6) is 5.75 Å². The van der Waals surface area contributed by atoms with Crippen LogP contribution in [0.25, 0.3) is 0 Å². The fourth-order valence-electron chi connectivity index (χ4n) is 1.79. The first-order valence-corrected chi connectivity index (χ1v) is 6.32. The number of ether oxygens (including phenoxy) is 1. The topological polar surface area (TPSA) is 62.9 Å². The molecule has 2 aromatic rings. The highest BCUT2D eigenvalue weighted by Gasteiger charge is 2.05. The van der Waals surface area contributed by atoms with Crippen LogP contribution in [0.1, 0.15) is 16.1 Å². The molecule has 0 radical (unpaired) electrons. The van der Waals surface area contributed by atoms with Gasteiger partial charge in [0.2, 0.25) is 0 Å². The fourth-order valence-corrected chi connectivity index (χ4v) is 1.79. The van der Waals surface area contributed by atoms with Crippen molar-refractivity contribution in [2.24, 2.45) is 0 Å². The highest BCUT2D eigenvalue weighted by atomic mass is 16.5. The number of carboxylic acids is 1. The van der Waals surface area contributed by atoms with Gasteiger partial charge in [0.1, 0.15) is 18.1 Å². The van der Waals surface area contributed by atoms with Crippen LogP contribution in [0, 0.1) is 0 Å². The molecule has 0 saturated carbocycles. The minimum absolute atomic E-state index is 0.228. The summed E-state index contributed by atoms with van der Waals surface area (Å²) in [4.78, 5) is 12.9. The molecule has 2 rings (SSSR count). The van der Waals surface area contributed by atoms with Crippen molar-refractivity contribution in [3.05, 3.63) is 54.0 Å². The van der Waals surface area contributed by atoms with Gasteiger partial charge in [0.15, 0.2) is 0 Å². The molecule has 106 valence electrons. The molecule has 5 heteroatoms. The summed E-state index contributed by atoms with van der Waals surface area (Å²) in [7, 11) is 1.97. The van der Waals surface area contributed by atoms with Crippen molar-refractivity contribution in [3.8, 4) is 5.75 Å². The van der Waals surface area contributed by atoms with Crippen LogP contribution in [-0.4, -0.2) is 36.2 Å². The van der Waals surface area contributed by atoms with Gasteiger partial charge in [-0.05, 0) is 37.4 Å². The number of hydrogen-bond donors (Lipinski definition) is 1. The van der Waals surface area contributed by atoms with E-state index in [1.807, 2.05) is 19.2 Å². The maximum atomic E-state index is 10.8. The summed E-state index contributed by atoms with van der Waals surface area (Å²) in [5.41, 5.74) is 0.228. The van der Waals surface area contributed by atoms with Crippen LogP contribution in [0.15, 0.2) is 47.1 Å². The third kappa shape index (κ3) is 4.13. The van der Waals surface area contributed by atoms with Gasteiger partial charge in [-0.1, -0.05) is 6.07 Å². The van der Waals surface area contributed by atoms with Gasteiger partial charge in [-0.15, -0.1) is 0 Å². The third-order valence-electron chi connectivity index (χ3n) is 2.83. The third-order valence-corrected chi connectivity index (χ3v) is 2.83.